The van der Waals surface area contributed by atoms with Crippen LogP contribution in [0.1, 0.15) is 17.2 Å². The molecular formula is C17H16ClN3O2. The molecule has 0 saturated heterocycles. The fourth-order valence-electron chi connectivity index (χ4n) is 2.36. The van der Waals surface area contributed by atoms with Gasteiger partial charge in [-0.3, -0.25) is 5.32 Å². The quantitative estimate of drug-likeness (QED) is 0.803. The van der Waals surface area contributed by atoms with E-state index in [2.05, 4.69) is 27.0 Å². The normalized spacial score (nSPS) is 16.4. The van der Waals surface area contributed by atoms with Crippen molar-refractivity contribution in [2.75, 3.05) is 12.4 Å². The van der Waals surface area contributed by atoms with Crippen molar-refractivity contribution in [2.45, 2.75) is 6.04 Å². The molecule has 1 aliphatic heterocycles. The van der Waals surface area contributed by atoms with Gasteiger partial charge < -0.3 is 10.2 Å². The highest BCUT2D eigenvalue weighted by atomic mass is 35.5. The van der Waals surface area contributed by atoms with Crippen molar-refractivity contribution in [1.82, 2.24) is 10.9 Å². The molecule has 1 unspecified atom stereocenters. The van der Waals surface area contributed by atoms with Gasteiger partial charge in [0, 0.05) is 10.7 Å². The number of rotatable bonds is 3. The van der Waals surface area contributed by atoms with Crippen molar-refractivity contribution in [2.24, 2.45) is 0 Å². The van der Waals surface area contributed by atoms with Crippen LogP contribution < -0.4 is 16.2 Å². The molecule has 3 rings (SSSR count). The summed E-state index contributed by atoms with van der Waals surface area (Å²) in [7, 11) is 1.34. The molecule has 1 amide bonds. The zero-order chi connectivity index (χ0) is 16.2. The summed E-state index contributed by atoms with van der Waals surface area (Å²) in [6.45, 7) is 0. The average molecular weight is 330 g/mol. The maximum absolute atomic E-state index is 11.3. The molecule has 0 saturated carbocycles. The van der Waals surface area contributed by atoms with E-state index < -0.39 is 6.09 Å². The Kier molecular flexibility index (Phi) is 4.50. The highest BCUT2D eigenvalue weighted by Gasteiger charge is 2.18. The summed E-state index contributed by atoms with van der Waals surface area (Å²) < 4.78 is 4.60. The topological polar surface area (TPSA) is 62.4 Å². The van der Waals surface area contributed by atoms with E-state index >= 15 is 0 Å². The number of carbonyl (C=O) groups excluding carboxylic acids is 1. The molecular weight excluding hydrogens is 314 g/mol. The van der Waals surface area contributed by atoms with E-state index in [4.69, 9.17) is 11.6 Å². The van der Waals surface area contributed by atoms with Crippen LogP contribution in [0.5, 0.6) is 0 Å². The summed E-state index contributed by atoms with van der Waals surface area (Å²) >= 11 is 5.91. The standard InChI is InChI=1S/C17H16ClN3O2/c1-23-17(22)19-14-4-2-3-12(9-14)16-10-15(20-21-16)11-5-7-13(18)8-6-11/h2-10,16,20-21H,1H3,(H,19,22). The summed E-state index contributed by atoms with van der Waals surface area (Å²) in [6, 6.07) is 15.2. The number of methoxy groups -OCH3 is 1. The van der Waals surface area contributed by atoms with E-state index in [0.29, 0.717) is 10.7 Å². The number of anilines is 1. The number of halogens is 1. The van der Waals surface area contributed by atoms with Crippen LogP contribution >= 0.6 is 11.6 Å². The second kappa shape index (κ2) is 6.73. The minimum atomic E-state index is -0.489. The lowest BCUT2D eigenvalue weighted by molar-refractivity contribution is 0.187. The average Bonchev–Trinajstić information content (AvgIpc) is 3.06. The Balaban J connectivity index is 1.79. The third kappa shape index (κ3) is 3.64. The van der Waals surface area contributed by atoms with Crippen molar-refractivity contribution in [1.29, 1.82) is 0 Å². The number of benzene rings is 2. The molecule has 0 fully saturated rings. The van der Waals surface area contributed by atoms with Crippen LogP contribution in [-0.4, -0.2) is 13.2 Å². The van der Waals surface area contributed by atoms with Gasteiger partial charge >= 0.3 is 6.09 Å². The molecule has 0 aromatic heterocycles. The first-order chi connectivity index (χ1) is 11.2. The van der Waals surface area contributed by atoms with Gasteiger partial charge in [-0.2, -0.15) is 0 Å². The third-order valence-corrected chi connectivity index (χ3v) is 3.78. The largest absolute Gasteiger partial charge is 0.453 e. The first kappa shape index (κ1) is 15.4. The first-order valence-corrected chi connectivity index (χ1v) is 7.48. The minimum Gasteiger partial charge on any atom is -0.453 e. The minimum absolute atomic E-state index is 0.0000694. The Morgan fingerprint density at radius 2 is 2.00 bits per heavy atom. The molecule has 6 heteroatoms. The fourth-order valence-corrected chi connectivity index (χ4v) is 2.49. The predicted octanol–water partition coefficient (Wildman–Crippen LogP) is 3.71. The van der Waals surface area contributed by atoms with Gasteiger partial charge in [0.25, 0.3) is 0 Å². The molecule has 1 heterocycles. The lowest BCUT2D eigenvalue weighted by atomic mass is 10.0. The second-order valence-electron chi connectivity index (χ2n) is 5.08. The highest BCUT2D eigenvalue weighted by Crippen LogP contribution is 2.26. The van der Waals surface area contributed by atoms with E-state index in [1.807, 2.05) is 48.5 Å². The second-order valence-corrected chi connectivity index (χ2v) is 5.51. The number of hydrazine groups is 1. The van der Waals surface area contributed by atoms with E-state index in [1.54, 1.807) is 0 Å². The molecule has 0 bridgehead atoms. The van der Waals surface area contributed by atoms with Gasteiger partial charge in [0.2, 0.25) is 0 Å². The van der Waals surface area contributed by atoms with Crippen molar-refractivity contribution in [3.63, 3.8) is 0 Å². The van der Waals surface area contributed by atoms with Crippen molar-refractivity contribution < 1.29 is 9.53 Å². The third-order valence-electron chi connectivity index (χ3n) is 3.53. The van der Waals surface area contributed by atoms with Crippen LogP contribution in [0.3, 0.4) is 0 Å². The first-order valence-electron chi connectivity index (χ1n) is 7.10. The van der Waals surface area contributed by atoms with Crippen LogP contribution in [-0.2, 0) is 4.74 Å². The van der Waals surface area contributed by atoms with Gasteiger partial charge in [0.15, 0.2) is 0 Å². The number of hydrogen-bond acceptors (Lipinski definition) is 4. The Hall–Kier alpha value is -2.50. The van der Waals surface area contributed by atoms with Crippen LogP contribution in [0.25, 0.3) is 5.70 Å². The van der Waals surface area contributed by atoms with Crippen LogP contribution in [0.2, 0.25) is 5.02 Å². The Morgan fingerprint density at radius 3 is 2.74 bits per heavy atom. The SMILES string of the molecule is COC(=O)Nc1cccc(C2C=C(c3ccc(Cl)cc3)NN2)c1. The molecule has 5 nitrogen and oxygen atoms in total. The van der Waals surface area contributed by atoms with Crippen LogP contribution in [0.15, 0.2) is 54.6 Å². The summed E-state index contributed by atoms with van der Waals surface area (Å²) in [5, 5.41) is 3.37. The van der Waals surface area contributed by atoms with Crippen molar-refractivity contribution in [3.8, 4) is 0 Å². The molecule has 0 aliphatic carbocycles. The van der Waals surface area contributed by atoms with Gasteiger partial charge in [-0.1, -0.05) is 35.9 Å². The van der Waals surface area contributed by atoms with Gasteiger partial charge in [0.05, 0.1) is 18.8 Å². The summed E-state index contributed by atoms with van der Waals surface area (Å²) in [5.41, 5.74) is 10.1. The number of ether oxygens (including phenoxy) is 1. The maximum Gasteiger partial charge on any atom is 0.411 e. The predicted molar refractivity (Wildman–Crippen MR) is 90.9 cm³/mol. The van der Waals surface area contributed by atoms with Gasteiger partial charge in [-0.15, -0.1) is 0 Å². The molecule has 3 N–H and O–H groups in total. The Labute approximate surface area is 139 Å². The molecule has 0 radical (unpaired) electrons. The number of amides is 1. The fraction of sp³-hybridized carbons (Fsp3) is 0.118. The van der Waals surface area contributed by atoms with E-state index in [9.17, 15) is 4.79 Å². The van der Waals surface area contributed by atoms with E-state index in [1.165, 1.54) is 7.11 Å². The maximum atomic E-state index is 11.3. The summed E-state index contributed by atoms with van der Waals surface area (Å²) in [5.74, 6) is 0. The number of carbonyl (C=O) groups is 1. The van der Waals surface area contributed by atoms with Crippen LogP contribution in [0, 0.1) is 0 Å². The Morgan fingerprint density at radius 1 is 1.22 bits per heavy atom. The number of nitrogens with one attached hydrogen (secondary N) is 3. The highest BCUT2D eigenvalue weighted by molar-refractivity contribution is 6.30. The lowest BCUT2D eigenvalue weighted by Gasteiger charge is -2.11. The summed E-state index contributed by atoms with van der Waals surface area (Å²) in [6.07, 6.45) is 1.59. The summed E-state index contributed by atoms with van der Waals surface area (Å²) in [4.78, 5) is 11.3. The van der Waals surface area contributed by atoms with Gasteiger partial charge in [-0.05, 0) is 41.5 Å². The van der Waals surface area contributed by atoms with Gasteiger partial charge in [0.1, 0.15) is 0 Å². The number of hydrogen-bond donors (Lipinski definition) is 3. The van der Waals surface area contributed by atoms with Gasteiger partial charge in [-0.25, -0.2) is 10.2 Å². The van der Waals surface area contributed by atoms with Crippen LogP contribution in [0.4, 0.5) is 10.5 Å². The molecule has 2 aromatic rings. The molecule has 1 atom stereocenters. The smallest absolute Gasteiger partial charge is 0.411 e. The molecule has 1 aliphatic rings. The monoisotopic (exact) mass is 329 g/mol. The lowest BCUT2D eigenvalue weighted by Crippen LogP contribution is -2.26. The Bertz CT molecular complexity index is 744. The van der Waals surface area contributed by atoms with E-state index in [0.717, 1.165) is 16.8 Å². The molecule has 2 aromatic carbocycles. The molecule has 0 spiro atoms. The molecule has 118 valence electrons. The zero-order valence-electron chi connectivity index (χ0n) is 12.5. The van der Waals surface area contributed by atoms with Crippen molar-refractivity contribution >= 4 is 29.1 Å². The zero-order valence-corrected chi connectivity index (χ0v) is 13.2. The van der Waals surface area contributed by atoms with E-state index in [-0.39, 0.29) is 6.04 Å². The molecule has 23 heavy (non-hydrogen) atoms. The van der Waals surface area contributed by atoms with Crippen molar-refractivity contribution in [3.05, 3.63) is 70.8 Å².